The third kappa shape index (κ3) is 4.48. The Bertz CT molecular complexity index is 586. The summed E-state index contributed by atoms with van der Waals surface area (Å²) in [6, 6.07) is 3.16. The van der Waals surface area contributed by atoms with Gasteiger partial charge in [0, 0.05) is 25.1 Å². The van der Waals surface area contributed by atoms with E-state index in [2.05, 4.69) is 10.6 Å². The molecule has 1 heterocycles. The monoisotopic (exact) mass is 325 g/mol. The van der Waals surface area contributed by atoms with Crippen LogP contribution < -0.4 is 10.6 Å². The van der Waals surface area contributed by atoms with Crippen LogP contribution in [0.4, 0.5) is 13.6 Å². The lowest BCUT2D eigenvalue weighted by molar-refractivity contribution is -0.126. The lowest BCUT2D eigenvalue weighted by Crippen LogP contribution is -2.33. The van der Waals surface area contributed by atoms with Crippen LogP contribution in [0.2, 0.25) is 0 Å². The first-order valence-corrected chi connectivity index (χ1v) is 7.27. The molecule has 1 aromatic rings. The van der Waals surface area contributed by atoms with Crippen LogP contribution >= 0.6 is 0 Å². The Balaban J connectivity index is 1.67. The summed E-state index contributed by atoms with van der Waals surface area (Å²) in [4.78, 5) is 35.3. The predicted octanol–water partition coefficient (Wildman–Crippen LogP) is 0.956. The van der Waals surface area contributed by atoms with E-state index in [1.54, 1.807) is 0 Å². The number of nitrogens with one attached hydrogen (secondary N) is 2. The van der Waals surface area contributed by atoms with Gasteiger partial charge in [0.2, 0.25) is 11.8 Å². The van der Waals surface area contributed by atoms with Crippen LogP contribution in [0.1, 0.15) is 18.4 Å². The van der Waals surface area contributed by atoms with Crippen LogP contribution in [-0.2, 0) is 16.0 Å². The number of nitrogens with zero attached hydrogens (tertiary/aromatic N) is 1. The van der Waals surface area contributed by atoms with Crippen molar-refractivity contribution < 1.29 is 23.2 Å². The third-order valence-corrected chi connectivity index (χ3v) is 3.48. The van der Waals surface area contributed by atoms with Crippen LogP contribution in [0.5, 0.6) is 0 Å². The maximum absolute atomic E-state index is 13.4. The van der Waals surface area contributed by atoms with Crippen molar-refractivity contribution in [2.75, 3.05) is 19.6 Å². The summed E-state index contributed by atoms with van der Waals surface area (Å²) in [5, 5.41) is 4.94. The maximum atomic E-state index is 13.4. The summed E-state index contributed by atoms with van der Waals surface area (Å²) in [7, 11) is 0. The van der Waals surface area contributed by atoms with Crippen LogP contribution in [0.15, 0.2) is 18.2 Å². The zero-order valence-corrected chi connectivity index (χ0v) is 12.4. The minimum atomic E-state index is -0.641. The highest BCUT2D eigenvalue weighted by Gasteiger charge is 2.27. The van der Waals surface area contributed by atoms with Gasteiger partial charge in [0.05, 0.1) is 6.54 Å². The van der Waals surface area contributed by atoms with Crippen molar-refractivity contribution in [1.29, 1.82) is 0 Å². The molecule has 0 saturated carbocycles. The van der Waals surface area contributed by atoms with E-state index in [4.69, 9.17) is 0 Å². The van der Waals surface area contributed by atoms with E-state index in [1.165, 1.54) is 18.2 Å². The molecular formula is C15H17F2N3O3. The van der Waals surface area contributed by atoms with E-state index < -0.39 is 17.7 Å². The summed E-state index contributed by atoms with van der Waals surface area (Å²) in [5.41, 5.74) is -0.0628. The second-order valence-electron chi connectivity index (χ2n) is 5.11. The summed E-state index contributed by atoms with van der Waals surface area (Å²) >= 11 is 0. The Morgan fingerprint density at radius 1 is 1.26 bits per heavy atom. The average molecular weight is 325 g/mol. The first kappa shape index (κ1) is 16.9. The maximum Gasteiger partial charge on any atom is 0.324 e. The highest BCUT2D eigenvalue weighted by Crippen LogP contribution is 2.12. The smallest absolute Gasteiger partial charge is 0.324 e. The average Bonchev–Trinajstić information content (AvgIpc) is 2.82. The van der Waals surface area contributed by atoms with Gasteiger partial charge in [-0.1, -0.05) is 6.07 Å². The van der Waals surface area contributed by atoms with E-state index in [0.29, 0.717) is 6.42 Å². The van der Waals surface area contributed by atoms with Crippen molar-refractivity contribution in [2.24, 2.45) is 0 Å². The topological polar surface area (TPSA) is 78.5 Å². The molecule has 8 heteroatoms. The Kier molecular flexibility index (Phi) is 5.61. The number of imide groups is 1. The minimum absolute atomic E-state index is 0.0146. The largest absolute Gasteiger partial charge is 0.356 e. The molecule has 124 valence electrons. The van der Waals surface area contributed by atoms with E-state index in [-0.39, 0.29) is 49.9 Å². The van der Waals surface area contributed by atoms with Crippen LogP contribution in [-0.4, -0.2) is 42.4 Å². The number of benzene rings is 1. The summed E-state index contributed by atoms with van der Waals surface area (Å²) in [5.74, 6) is -1.89. The molecule has 0 radical (unpaired) electrons. The van der Waals surface area contributed by atoms with Gasteiger partial charge in [-0.05, 0) is 25.0 Å². The number of hydrogen-bond acceptors (Lipinski definition) is 3. The molecule has 0 unspecified atom stereocenters. The van der Waals surface area contributed by atoms with Crippen LogP contribution in [0, 0.1) is 11.6 Å². The van der Waals surface area contributed by atoms with Crippen LogP contribution in [0.25, 0.3) is 0 Å². The molecule has 1 fully saturated rings. The molecule has 1 aromatic carbocycles. The van der Waals surface area contributed by atoms with E-state index in [9.17, 15) is 23.2 Å². The van der Waals surface area contributed by atoms with E-state index in [1.807, 2.05) is 0 Å². The number of amides is 4. The Hall–Kier alpha value is -2.51. The molecule has 0 spiro atoms. The molecule has 0 bridgehead atoms. The molecule has 1 saturated heterocycles. The number of hydrogen-bond donors (Lipinski definition) is 2. The van der Waals surface area contributed by atoms with Gasteiger partial charge in [-0.25, -0.2) is 13.6 Å². The molecule has 1 aliphatic heterocycles. The fraction of sp³-hybridized carbons (Fsp3) is 0.400. The van der Waals surface area contributed by atoms with Gasteiger partial charge >= 0.3 is 6.03 Å². The lowest BCUT2D eigenvalue weighted by atomic mass is 10.1. The highest BCUT2D eigenvalue weighted by atomic mass is 19.1. The number of urea groups is 1. The second-order valence-corrected chi connectivity index (χ2v) is 5.11. The van der Waals surface area contributed by atoms with Gasteiger partial charge < -0.3 is 10.6 Å². The molecule has 4 amide bonds. The Morgan fingerprint density at radius 3 is 2.57 bits per heavy atom. The molecule has 2 N–H and O–H groups in total. The molecule has 1 aliphatic rings. The minimum Gasteiger partial charge on any atom is -0.356 e. The normalized spacial score (nSPS) is 14.1. The van der Waals surface area contributed by atoms with Gasteiger partial charge in [-0.3, -0.25) is 14.5 Å². The Labute approximate surface area is 131 Å². The molecule has 6 nitrogen and oxygen atoms in total. The van der Waals surface area contributed by atoms with Gasteiger partial charge in [0.1, 0.15) is 11.6 Å². The fourth-order valence-corrected chi connectivity index (χ4v) is 2.27. The van der Waals surface area contributed by atoms with Crippen molar-refractivity contribution in [3.63, 3.8) is 0 Å². The van der Waals surface area contributed by atoms with Gasteiger partial charge in [-0.15, -0.1) is 0 Å². The quantitative estimate of drug-likeness (QED) is 0.733. The van der Waals surface area contributed by atoms with E-state index in [0.717, 1.165) is 4.90 Å². The first-order chi connectivity index (χ1) is 11.0. The fourth-order valence-electron chi connectivity index (χ4n) is 2.27. The summed E-state index contributed by atoms with van der Waals surface area (Å²) < 4.78 is 26.8. The predicted molar refractivity (Wildman–Crippen MR) is 77.4 cm³/mol. The van der Waals surface area contributed by atoms with Crippen molar-refractivity contribution in [1.82, 2.24) is 15.5 Å². The molecule has 0 aliphatic carbocycles. The van der Waals surface area contributed by atoms with Gasteiger partial charge in [0.25, 0.3) is 0 Å². The summed E-state index contributed by atoms with van der Waals surface area (Å²) in [6.07, 6.45) is 0.507. The Morgan fingerprint density at radius 2 is 1.96 bits per heavy atom. The number of carbonyl (C=O) groups is 3. The first-order valence-electron chi connectivity index (χ1n) is 7.27. The van der Waals surface area contributed by atoms with E-state index >= 15 is 0 Å². The third-order valence-electron chi connectivity index (χ3n) is 3.48. The second kappa shape index (κ2) is 7.66. The summed E-state index contributed by atoms with van der Waals surface area (Å²) in [6.45, 7) is 0.263. The molecule has 0 aromatic heterocycles. The zero-order valence-electron chi connectivity index (χ0n) is 12.4. The van der Waals surface area contributed by atoms with Crippen molar-refractivity contribution in [2.45, 2.75) is 19.3 Å². The molecule has 23 heavy (non-hydrogen) atoms. The number of rotatable bonds is 7. The van der Waals surface area contributed by atoms with Crippen molar-refractivity contribution in [3.05, 3.63) is 35.4 Å². The highest BCUT2D eigenvalue weighted by molar-refractivity contribution is 6.01. The van der Waals surface area contributed by atoms with Gasteiger partial charge in [-0.2, -0.15) is 0 Å². The number of halogens is 2. The van der Waals surface area contributed by atoms with Crippen molar-refractivity contribution >= 4 is 17.8 Å². The molecule has 2 rings (SSSR count). The van der Waals surface area contributed by atoms with Crippen molar-refractivity contribution in [3.8, 4) is 0 Å². The molecular weight excluding hydrogens is 308 g/mol. The molecule has 0 atom stereocenters. The standard InChI is InChI=1S/C15H17F2N3O3/c16-11-3-1-4-12(17)10(11)6-7-18-13(21)5-2-8-20-14(22)9-19-15(20)23/h1,3-4H,2,5-9H2,(H,18,21)(H,19,23). The van der Waals surface area contributed by atoms with Gasteiger partial charge in [0.15, 0.2) is 0 Å². The number of carbonyl (C=O) groups excluding carboxylic acids is 3. The lowest BCUT2D eigenvalue weighted by Gasteiger charge is -2.12. The van der Waals surface area contributed by atoms with Crippen LogP contribution in [0.3, 0.4) is 0 Å². The zero-order chi connectivity index (χ0) is 16.8. The SMILES string of the molecule is O=C(CCCN1C(=O)CNC1=O)NCCc1c(F)cccc1F.